The third-order valence-corrected chi connectivity index (χ3v) is 7.83. The number of ether oxygens (including phenoxy) is 2. The summed E-state index contributed by atoms with van der Waals surface area (Å²) in [6.45, 7) is 12.1. The Hall–Kier alpha value is -2.21. The average molecular weight is 682 g/mol. The molecule has 0 fully saturated rings. The molecule has 0 bridgehead atoms. The van der Waals surface area contributed by atoms with Crippen LogP contribution in [0.15, 0.2) is 4.99 Å². The van der Waals surface area contributed by atoms with E-state index in [0.717, 1.165) is 51.4 Å². The van der Waals surface area contributed by atoms with Crippen LogP contribution < -0.4 is 0 Å². The van der Waals surface area contributed by atoms with Gasteiger partial charge in [-0.15, -0.1) is 0 Å². The smallest absolute Gasteiger partial charge is 0.306 e. The van der Waals surface area contributed by atoms with Crippen molar-refractivity contribution in [3.05, 3.63) is 0 Å². The highest BCUT2D eigenvalue weighted by Gasteiger charge is 2.16. The first-order valence-electron chi connectivity index (χ1n) is 19.5. The highest BCUT2D eigenvalue weighted by molar-refractivity contribution is 5.70. The molecule has 0 amide bonds. The molecule has 0 aromatic carbocycles. The van der Waals surface area contributed by atoms with Gasteiger partial charge in [0.15, 0.2) is 0 Å². The van der Waals surface area contributed by atoms with Crippen molar-refractivity contribution in [2.24, 2.45) is 4.99 Å². The predicted octanol–water partition coefficient (Wildman–Crippen LogP) is 11.6. The standard InChI is InChI=1S/C20H37NO3.C20H38O4/c1-20(2,3)24-19(23)16-14-12-10-8-6-4-5-7-9-11-13-15-17-21-18-22;1-20(2,3)24-19(23)17-15-13-11-9-7-5-4-6-8-10-12-14-16-18(21)22/h4-17H2,1-3H3;4-17H2,1-3H3,(H,21,22). The molecule has 1 N–H and O–H groups in total. The Balaban J connectivity index is 0. The number of unbranched alkanes of at least 4 members (excludes halogenated alkanes) is 22. The number of rotatable bonds is 30. The predicted molar refractivity (Wildman–Crippen MR) is 197 cm³/mol. The van der Waals surface area contributed by atoms with E-state index < -0.39 is 5.97 Å². The van der Waals surface area contributed by atoms with E-state index in [0.29, 0.717) is 25.8 Å². The van der Waals surface area contributed by atoms with Crippen molar-refractivity contribution in [1.82, 2.24) is 0 Å². The maximum Gasteiger partial charge on any atom is 0.306 e. The Morgan fingerprint density at radius 3 is 0.958 bits per heavy atom. The van der Waals surface area contributed by atoms with E-state index in [1.165, 1.54) is 103 Å². The number of hydrogen-bond acceptors (Lipinski definition) is 7. The van der Waals surface area contributed by atoms with Crippen molar-refractivity contribution in [2.75, 3.05) is 6.54 Å². The van der Waals surface area contributed by atoms with Gasteiger partial charge in [0.25, 0.3) is 0 Å². The van der Waals surface area contributed by atoms with E-state index in [1.54, 1.807) is 6.08 Å². The molecular formula is C40H75NO7. The fourth-order valence-electron chi connectivity index (χ4n) is 5.37. The Bertz CT molecular complexity index is 768. The van der Waals surface area contributed by atoms with Crippen LogP contribution in [0.3, 0.4) is 0 Å². The van der Waals surface area contributed by atoms with Crippen LogP contribution in [-0.2, 0) is 28.7 Å². The molecule has 0 atom stereocenters. The fourth-order valence-corrected chi connectivity index (χ4v) is 5.37. The van der Waals surface area contributed by atoms with Crippen LogP contribution in [0.25, 0.3) is 0 Å². The number of carboxylic acid groups (broad SMARTS) is 1. The maximum atomic E-state index is 11.5. The van der Waals surface area contributed by atoms with Crippen molar-refractivity contribution < 1.29 is 33.8 Å². The number of carbonyl (C=O) groups excluding carboxylic acids is 3. The van der Waals surface area contributed by atoms with Gasteiger partial charge in [0.05, 0.1) is 6.54 Å². The van der Waals surface area contributed by atoms with Crippen molar-refractivity contribution in [2.45, 2.75) is 226 Å². The van der Waals surface area contributed by atoms with Gasteiger partial charge in [-0.25, -0.2) is 9.79 Å². The Kier molecular flexibility index (Phi) is 33.2. The molecule has 0 saturated carbocycles. The van der Waals surface area contributed by atoms with Gasteiger partial charge >= 0.3 is 17.9 Å². The molecule has 0 aliphatic carbocycles. The second-order valence-electron chi connectivity index (χ2n) is 15.3. The van der Waals surface area contributed by atoms with Gasteiger partial charge in [0.1, 0.15) is 11.2 Å². The Labute approximate surface area is 295 Å². The zero-order chi connectivity index (χ0) is 36.4. The number of hydrogen-bond donors (Lipinski definition) is 1. The zero-order valence-electron chi connectivity index (χ0n) is 32.1. The lowest BCUT2D eigenvalue weighted by molar-refractivity contribution is -0.156. The summed E-state index contributed by atoms with van der Waals surface area (Å²) in [5.41, 5.74) is -0.728. The molecule has 0 aliphatic rings. The lowest BCUT2D eigenvalue weighted by atomic mass is 10.0. The fraction of sp³-hybridized carbons (Fsp3) is 0.900. The average Bonchev–Trinajstić information content (AvgIpc) is 2.97. The molecule has 0 aromatic rings. The summed E-state index contributed by atoms with van der Waals surface area (Å²) in [7, 11) is 0. The first-order chi connectivity index (χ1) is 22.8. The van der Waals surface area contributed by atoms with Crippen LogP contribution in [-0.4, -0.2) is 46.8 Å². The monoisotopic (exact) mass is 682 g/mol. The van der Waals surface area contributed by atoms with Crippen molar-refractivity contribution >= 4 is 24.0 Å². The summed E-state index contributed by atoms with van der Waals surface area (Å²) in [4.78, 5) is 46.9. The summed E-state index contributed by atoms with van der Waals surface area (Å²) in [6.07, 6.45) is 31.5. The molecule has 0 spiro atoms. The molecule has 0 unspecified atom stereocenters. The van der Waals surface area contributed by atoms with Crippen LogP contribution in [0.1, 0.15) is 215 Å². The molecule has 48 heavy (non-hydrogen) atoms. The number of isocyanates is 1. The molecule has 0 saturated heterocycles. The third kappa shape index (κ3) is 45.9. The van der Waals surface area contributed by atoms with Crippen molar-refractivity contribution in [1.29, 1.82) is 0 Å². The minimum absolute atomic E-state index is 0.0690. The highest BCUT2D eigenvalue weighted by atomic mass is 16.6. The second kappa shape index (κ2) is 33.3. The Morgan fingerprint density at radius 2 is 0.708 bits per heavy atom. The summed E-state index contributed by atoms with van der Waals surface area (Å²) < 4.78 is 10.6. The number of nitrogens with zero attached hydrogens (tertiary/aromatic N) is 1. The van der Waals surface area contributed by atoms with Crippen LogP contribution in [0, 0.1) is 0 Å². The topological polar surface area (TPSA) is 119 Å². The first kappa shape index (κ1) is 47.9. The Morgan fingerprint density at radius 1 is 0.458 bits per heavy atom. The molecule has 8 heteroatoms. The second-order valence-corrected chi connectivity index (χ2v) is 15.3. The lowest BCUT2D eigenvalue weighted by Crippen LogP contribution is -2.23. The quantitative estimate of drug-likeness (QED) is 0.0347. The van der Waals surface area contributed by atoms with Crippen LogP contribution in [0.4, 0.5) is 0 Å². The SMILES string of the molecule is CC(C)(C)OC(=O)CCCCCCCCCCCCCCC(=O)O.CC(C)(C)OC(=O)CCCCCCCCCCCCCCN=C=O. The number of carboxylic acids is 1. The molecule has 0 aromatic heterocycles. The van der Waals surface area contributed by atoms with E-state index in [-0.39, 0.29) is 23.1 Å². The molecule has 0 rings (SSSR count). The van der Waals surface area contributed by atoms with Gasteiger partial charge in [0, 0.05) is 19.3 Å². The molecule has 282 valence electrons. The summed E-state index contributed by atoms with van der Waals surface area (Å²) in [6, 6.07) is 0. The maximum absolute atomic E-state index is 11.5. The van der Waals surface area contributed by atoms with Crippen LogP contribution in [0.5, 0.6) is 0 Å². The molecule has 0 heterocycles. The van der Waals surface area contributed by atoms with E-state index in [4.69, 9.17) is 14.6 Å². The van der Waals surface area contributed by atoms with E-state index in [9.17, 15) is 19.2 Å². The normalized spacial score (nSPS) is 11.3. The zero-order valence-corrected chi connectivity index (χ0v) is 32.1. The summed E-state index contributed by atoms with van der Waals surface area (Å²) >= 11 is 0. The van der Waals surface area contributed by atoms with Gasteiger partial charge in [-0.05, 0) is 67.2 Å². The number of esters is 2. The van der Waals surface area contributed by atoms with Gasteiger partial charge < -0.3 is 14.6 Å². The molecule has 0 aliphatic heterocycles. The number of aliphatic carboxylic acids is 1. The summed E-state index contributed by atoms with van der Waals surface area (Å²) in [5.74, 6) is -0.826. The third-order valence-electron chi connectivity index (χ3n) is 7.83. The lowest BCUT2D eigenvalue weighted by Gasteiger charge is -2.19. The largest absolute Gasteiger partial charge is 0.481 e. The van der Waals surface area contributed by atoms with Crippen molar-refractivity contribution in [3.8, 4) is 0 Å². The minimum Gasteiger partial charge on any atom is -0.481 e. The minimum atomic E-state index is -0.680. The van der Waals surface area contributed by atoms with Crippen LogP contribution in [0.2, 0.25) is 0 Å². The van der Waals surface area contributed by atoms with Gasteiger partial charge in [-0.2, -0.15) is 0 Å². The van der Waals surface area contributed by atoms with Gasteiger partial charge in [-0.1, -0.05) is 128 Å². The van der Waals surface area contributed by atoms with Gasteiger partial charge in [-0.3, -0.25) is 14.4 Å². The van der Waals surface area contributed by atoms with Gasteiger partial charge in [0.2, 0.25) is 6.08 Å². The highest BCUT2D eigenvalue weighted by Crippen LogP contribution is 2.16. The molecule has 8 nitrogen and oxygen atoms in total. The van der Waals surface area contributed by atoms with Crippen LogP contribution >= 0.6 is 0 Å². The number of aliphatic imine (C=N–C) groups is 1. The molecule has 0 radical (unpaired) electrons. The van der Waals surface area contributed by atoms with Crippen molar-refractivity contribution in [3.63, 3.8) is 0 Å². The van der Waals surface area contributed by atoms with E-state index in [1.807, 2.05) is 41.5 Å². The van der Waals surface area contributed by atoms with E-state index in [2.05, 4.69) is 4.99 Å². The van der Waals surface area contributed by atoms with E-state index >= 15 is 0 Å². The number of carbonyl (C=O) groups is 3. The first-order valence-corrected chi connectivity index (χ1v) is 19.5. The summed E-state index contributed by atoms with van der Waals surface area (Å²) in [5, 5.41) is 8.54. The molecular weight excluding hydrogens is 606 g/mol.